The molecule has 17 heavy (non-hydrogen) atoms. The quantitative estimate of drug-likeness (QED) is 0.815. The number of halogens is 1. The van der Waals surface area contributed by atoms with Gasteiger partial charge in [-0.05, 0) is 18.2 Å². The molecule has 1 aromatic rings. The second kappa shape index (κ2) is 4.68. The van der Waals surface area contributed by atoms with Crippen LogP contribution in [0.25, 0.3) is 0 Å². The van der Waals surface area contributed by atoms with E-state index in [1.54, 1.807) is 0 Å². The summed E-state index contributed by atoms with van der Waals surface area (Å²) in [5.74, 6) is -0.800. The zero-order chi connectivity index (χ0) is 13.2. The molecule has 0 saturated carbocycles. The van der Waals surface area contributed by atoms with Crippen molar-refractivity contribution in [3.8, 4) is 0 Å². The fourth-order valence-corrected chi connectivity index (χ4v) is 1.60. The third-order valence-corrected chi connectivity index (χ3v) is 2.75. The number of hydrogen-bond donors (Lipinski definition) is 2. The number of urea groups is 1. The number of carbonyl (C=O) groups is 1. The second-order valence-corrected chi connectivity index (χ2v) is 5.11. The van der Waals surface area contributed by atoms with Crippen LogP contribution >= 0.6 is 0 Å². The Morgan fingerprint density at radius 1 is 1.35 bits per heavy atom. The predicted molar refractivity (Wildman–Crippen MR) is 60.5 cm³/mol. The summed E-state index contributed by atoms with van der Waals surface area (Å²) in [6.07, 6.45) is 0. The van der Waals surface area contributed by atoms with Crippen molar-refractivity contribution in [3.05, 3.63) is 24.0 Å². The fraction of sp³-hybridized carbons (Fsp3) is 0.222. The third kappa shape index (κ3) is 3.68. The van der Waals surface area contributed by atoms with Crippen molar-refractivity contribution in [1.29, 1.82) is 0 Å². The number of nitrogens with two attached hydrogens (primary N) is 1. The highest BCUT2D eigenvalue weighted by atomic mass is 32.2. The van der Waals surface area contributed by atoms with Crippen LogP contribution in [0.5, 0.6) is 0 Å². The van der Waals surface area contributed by atoms with E-state index in [-0.39, 0.29) is 5.69 Å². The van der Waals surface area contributed by atoms with Crippen LogP contribution in [-0.4, -0.2) is 33.4 Å². The van der Waals surface area contributed by atoms with Gasteiger partial charge in [-0.3, -0.25) is 0 Å². The molecule has 2 amide bonds. The van der Waals surface area contributed by atoms with Crippen molar-refractivity contribution < 1.29 is 17.6 Å². The first-order valence-electron chi connectivity index (χ1n) is 4.52. The number of nitrogens with zero attached hydrogens (tertiary/aromatic N) is 1. The summed E-state index contributed by atoms with van der Waals surface area (Å²) in [6.45, 7) is 0. The van der Waals surface area contributed by atoms with Crippen molar-refractivity contribution in [3.63, 3.8) is 0 Å². The average molecular weight is 261 g/mol. The third-order valence-electron chi connectivity index (χ3n) is 1.86. The van der Waals surface area contributed by atoms with Gasteiger partial charge in [0.15, 0.2) is 0 Å². The van der Waals surface area contributed by atoms with Crippen LogP contribution in [0.1, 0.15) is 0 Å². The van der Waals surface area contributed by atoms with Crippen molar-refractivity contribution in [2.24, 2.45) is 5.14 Å². The summed E-state index contributed by atoms with van der Waals surface area (Å²) >= 11 is 0. The number of benzene rings is 1. The van der Waals surface area contributed by atoms with Crippen LogP contribution in [-0.2, 0) is 10.0 Å². The summed E-state index contributed by atoms with van der Waals surface area (Å²) in [6, 6.07) is 2.35. The van der Waals surface area contributed by atoms with E-state index in [9.17, 15) is 17.6 Å². The van der Waals surface area contributed by atoms with Gasteiger partial charge < -0.3 is 10.2 Å². The SMILES string of the molecule is CN(C)C(=O)Nc1cc(F)cc(S(N)(=O)=O)c1. The molecular formula is C9H12FN3O3S. The summed E-state index contributed by atoms with van der Waals surface area (Å²) in [7, 11) is -1.02. The van der Waals surface area contributed by atoms with Crippen LogP contribution in [0.2, 0.25) is 0 Å². The number of rotatable bonds is 2. The van der Waals surface area contributed by atoms with E-state index < -0.39 is 26.8 Å². The van der Waals surface area contributed by atoms with Gasteiger partial charge in [-0.2, -0.15) is 0 Å². The Hall–Kier alpha value is -1.67. The number of primary sulfonamides is 1. The molecule has 0 aromatic heterocycles. The first kappa shape index (κ1) is 13.4. The van der Waals surface area contributed by atoms with Gasteiger partial charge in [0.1, 0.15) is 5.82 Å². The van der Waals surface area contributed by atoms with Crippen LogP contribution < -0.4 is 10.5 Å². The molecule has 0 radical (unpaired) electrons. The largest absolute Gasteiger partial charge is 0.331 e. The highest BCUT2D eigenvalue weighted by molar-refractivity contribution is 7.89. The summed E-state index contributed by atoms with van der Waals surface area (Å²) < 4.78 is 35.2. The van der Waals surface area contributed by atoms with E-state index in [1.807, 2.05) is 0 Å². The molecule has 0 spiro atoms. The Morgan fingerprint density at radius 2 is 1.94 bits per heavy atom. The average Bonchev–Trinajstić information content (AvgIpc) is 2.15. The molecule has 0 aliphatic carbocycles. The predicted octanol–water partition coefficient (Wildman–Crippen LogP) is 0.567. The molecule has 0 fully saturated rings. The molecule has 0 saturated heterocycles. The lowest BCUT2D eigenvalue weighted by molar-refractivity contribution is 0.230. The van der Waals surface area contributed by atoms with Crippen molar-refractivity contribution >= 4 is 21.7 Å². The number of sulfonamides is 1. The molecule has 0 aliphatic heterocycles. The minimum atomic E-state index is -4.01. The van der Waals surface area contributed by atoms with Gasteiger partial charge in [0.2, 0.25) is 10.0 Å². The van der Waals surface area contributed by atoms with Crippen LogP contribution in [0.3, 0.4) is 0 Å². The Labute approximate surface area is 98.3 Å². The minimum absolute atomic E-state index is 0.0210. The molecule has 0 aliphatic rings. The molecule has 0 unspecified atom stereocenters. The van der Waals surface area contributed by atoms with Crippen molar-refractivity contribution in [2.45, 2.75) is 4.90 Å². The first-order valence-corrected chi connectivity index (χ1v) is 6.06. The van der Waals surface area contributed by atoms with Crippen LogP contribution in [0.4, 0.5) is 14.9 Å². The molecule has 6 nitrogen and oxygen atoms in total. The summed E-state index contributed by atoms with van der Waals surface area (Å²) in [5.41, 5.74) is 0.0210. The van der Waals surface area contributed by atoms with Gasteiger partial charge in [0.05, 0.1) is 4.90 Å². The van der Waals surface area contributed by atoms with E-state index in [0.29, 0.717) is 0 Å². The lowest BCUT2D eigenvalue weighted by Crippen LogP contribution is -2.27. The zero-order valence-electron chi connectivity index (χ0n) is 9.27. The zero-order valence-corrected chi connectivity index (χ0v) is 10.1. The van der Waals surface area contributed by atoms with Crippen molar-refractivity contribution in [1.82, 2.24) is 4.90 Å². The Bertz CT molecular complexity index is 542. The number of anilines is 1. The second-order valence-electron chi connectivity index (χ2n) is 3.55. The highest BCUT2D eigenvalue weighted by Crippen LogP contribution is 2.17. The van der Waals surface area contributed by atoms with E-state index in [1.165, 1.54) is 19.0 Å². The summed E-state index contributed by atoms with van der Waals surface area (Å²) in [4.78, 5) is 12.1. The van der Waals surface area contributed by atoms with Gasteiger partial charge in [-0.15, -0.1) is 0 Å². The Kier molecular flexibility index (Phi) is 3.69. The van der Waals surface area contributed by atoms with Gasteiger partial charge in [0.25, 0.3) is 0 Å². The normalized spacial score (nSPS) is 11.1. The maximum atomic E-state index is 13.1. The van der Waals surface area contributed by atoms with E-state index >= 15 is 0 Å². The fourth-order valence-electron chi connectivity index (χ4n) is 1.03. The Balaban J connectivity index is 3.11. The Morgan fingerprint density at radius 3 is 2.41 bits per heavy atom. The number of carbonyl (C=O) groups excluding carboxylic acids is 1. The molecule has 0 heterocycles. The lowest BCUT2D eigenvalue weighted by atomic mass is 10.3. The number of nitrogens with one attached hydrogen (secondary N) is 1. The maximum absolute atomic E-state index is 13.1. The van der Waals surface area contributed by atoms with E-state index in [4.69, 9.17) is 5.14 Å². The summed E-state index contributed by atoms with van der Waals surface area (Å²) in [5, 5.41) is 7.19. The topological polar surface area (TPSA) is 92.5 Å². The molecule has 3 N–H and O–H groups in total. The molecule has 94 valence electrons. The van der Waals surface area contributed by atoms with E-state index in [0.717, 1.165) is 18.2 Å². The number of hydrogen-bond acceptors (Lipinski definition) is 3. The molecular weight excluding hydrogens is 249 g/mol. The maximum Gasteiger partial charge on any atom is 0.321 e. The minimum Gasteiger partial charge on any atom is -0.331 e. The van der Waals surface area contributed by atoms with Gasteiger partial charge in [0, 0.05) is 19.8 Å². The monoisotopic (exact) mass is 261 g/mol. The van der Waals surface area contributed by atoms with Gasteiger partial charge in [-0.1, -0.05) is 0 Å². The lowest BCUT2D eigenvalue weighted by Gasteiger charge is -2.12. The van der Waals surface area contributed by atoms with E-state index in [2.05, 4.69) is 5.32 Å². The number of amides is 2. The smallest absolute Gasteiger partial charge is 0.321 e. The molecule has 1 aromatic carbocycles. The van der Waals surface area contributed by atoms with Crippen LogP contribution in [0, 0.1) is 5.82 Å². The molecule has 1 rings (SSSR count). The standard InChI is InChI=1S/C9H12FN3O3S/c1-13(2)9(14)12-7-3-6(10)4-8(5-7)17(11,15)16/h3-5H,1-2H3,(H,12,14)(H2,11,15,16). The van der Waals surface area contributed by atoms with Crippen LogP contribution in [0.15, 0.2) is 23.1 Å². The highest BCUT2D eigenvalue weighted by Gasteiger charge is 2.12. The van der Waals surface area contributed by atoms with Crippen molar-refractivity contribution in [2.75, 3.05) is 19.4 Å². The molecule has 0 bridgehead atoms. The molecule has 8 heteroatoms. The van der Waals surface area contributed by atoms with Gasteiger partial charge >= 0.3 is 6.03 Å². The molecule has 0 atom stereocenters. The van der Waals surface area contributed by atoms with Gasteiger partial charge in [-0.25, -0.2) is 22.7 Å². The first-order chi connectivity index (χ1) is 7.70.